The fourth-order valence-corrected chi connectivity index (χ4v) is 2.96. The van der Waals surface area contributed by atoms with E-state index in [1.807, 2.05) is 0 Å². The second kappa shape index (κ2) is 36.0. The van der Waals surface area contributed by atoms with E-state index in [1.54, 1.807) is 0 Å². The molecule has 0 aliphatic rings. The molecule has 0 rings (SSSR count). The number of amides is 1. The molecular formula is C27H52ClNO13. The first-order valence-corrected chi connectivity index (χ1v) is 15.0. The molecule has 0 unspecified atom stereocenters. The van der Waals surface area contributed by atoms with Gasteiger partial charge in [-0.25, -0.2) is 0 Å². The number of halogens is 1. The summed E-state index contributed by atoms with van der Waals surface area (Å²) < 4.78 is 54.0. The number of alkyl halides is 1. The van der Waals surface area contributed by atoms with E-state index in [4.69, 9.17) is 64.1 Å². The molecule has 0 saturated carbocycles. The van der Waals surface area contributed by atoms with Gasteiger partial charge in [0.2, 0.25) is 5.91 Å². The summed E-state index contributed by atoms with van der Waals surface area (Å²) in [5.74, 6) is -0.758. The summed E-state index contributed by atoms with van der Waals surface area (Å²) in [6, 6.07) is 0. The van der Waals surface area contributed by atoms with Crippen LogP contribution in [0.3, 0.4) is 0 Å². The third kappa shape index (κ3) is 36.9. The number of hydrogen-bond acceptors (Lipinski definition) is 12. The number of rotatable bonds is 36. The lowest BCUT2D eigenvalue weighted by atomic mass is 10.3. The van der Waals surface area contributed by atoms with Crippen LogP contribution >= 0.6 is 11.6 Å². The van der Waals surface area contributed by atoms with Crippen molar-refractivity contribution in [2.75, 3.05) is 145 Å². The van der Waals surface area contributed by atoms with Crippen LogP contribution in [-0.2, 0) is 57.0 Å². The fraction of sp³-hybridized carbons (Fsp3) is 0.926. The smallest absolute Gasteiger partial charge is 0.303 e. The van der Waals surface area contributed by atoms with Crippen LogP contribution in [0.25, 0.3) is 0 Å². The molecule has 2 N–H and O–H groups in total. The molecular weight excluding hydrogens is 582 g/mol. The van der Waals surface area contributed by atoms with Gasteiger partial charge in [-0.1, -0.05) is 0 Å². The molecule has 0 heterocycles. The zero-order chi connectivity index (χ0) is 30.6. The Morgan fingerprint density at radius 1 is 0.452 bits per heavy atom. The second-order valence-corrected chi connectivity index (χ2v) is 8.79. The van der Waals surface area contributed by atoms with E-state index in [9.17, 15) is 9.59 Å². The predicted molar refractivity (Wildman–Crippen MR) is 153 cm³/mol. The Morgan fingerprint density at radius 2 is 0.738 bits per heavy atom. The van der Waals surface area contributed by atoms with Crippen molar-refractivity contribution in [3.8, 4) is 0 Å². The van der Waals surface area contributed by atoms with Crippen molar-refractivity contribution in [2.24, 2.45) is 0 Å². The van der Waals surface area contributed by atoms with Crippen molar-refractivity contribution >= 4 is 23.5 Å². The molecule has 0 spiro atoms. The third-order valence-electron chi connectivity index (χ3n) is 4.92. The largest absolute Gasteiger partial charge is 0.481 e. The third-order valence-corrected chi connectivity index (χ3v) is 5.08. The zero-order valence-corrected chi connectivity index (χ0v) is 25.7. The van der Waals surface area contributed by atoms with E-state index in [0.717, 1.165) is 0 Å². The van der Waals surface area contributed by atoms with E-state index in [1.165, 1.54) is 0 Å². The molecule has 15 heteroatoms. The number of nitrogens with one attached hydrogen (secondary N) is 1. The van der Waals surface area contributed by atoms with Gasteiger partial charge < -0.3 is 57.8 Å². The number of aliphatic carboxylic acids is 1. The van der Waals surface area contributed by atoms with Crippen molar-refractivity contribution in [3.05, 3.63) is 0 Å². The number of hydrogen-bond donors (Lipinski definition) is 2. The summed E-state index contributed by atoms with van der Waals surface area (Å²) in [7, 11) is 0. The number of ether oxygens (including phenoxy) is 10. The average Bonchev–Trinajstić information content (AvgIpc) is 2.98. The molecule has 0 bridgehead atoms. The molecule has 14 nitrogen and oxygen atoms in total. The molecule has 42 heavy (non-hydrogen) atoms. The molecule has 250 valence electrons. The van der Waals surface area contributed by atoms with Crippen LogP contribution in [0.1, 0.15) is 19.3 Å². The van der Waals surface area contributed by atoms with Crippen molar-refractivity contribution in [3.63, 3.8) is 0 Å². The maximum absolute atomic E-state index is 11.3. The fourth-order valence-electron chi connectivity index (χ4n) is 2.85. The van der Waals surface area contributed by atoms with Gasteiger partial charge in [-0.05, 0) is 6.42 Å². The van der Waals surface area contributed by atoms with Gasteiger partial charge in [-0.3, -0.25) is 9.59 Å². The molecule has 0 atom stereocenters. The van der Waals surface area contributed by atoms with Crippen LogP contribution in [-0.4, -0.2) is 162 Å². The van der Waals surface area contributed by atoms with E-state index >= 15 is 0 Å². The Kier molecular flexibility index (Phi) is 35.0. The Hall–Kier alpha value is -1.17. The molecule has 0 aromatic heterocycles. The van der Waals surface area contributed by atoms with Crippen LogP contribution in [0.15, 0.2) is 0 Å². The molecule has 0 radical (unpaired) electrons. The maximum atomic E-state index is 11.3. The summed E-state index contributed by atoms with van der Waals surface area (Å²) in [4.78, 5) is 21.7. The van der Waals surface area contributed by atoms with Crippen LogP contribution in [0.2, 0.25) is 0 Å². The minimum atomic E-state index is -0.982. The van der Waals surface area contributed by atoms with Crippen LogP contribution in [0.4, 0.5) is 0 Å². The van der Waals surface area contributed by atoms with E-state index in [2.05, 4.69) is 5.32 Å². The van der Waals surface area contributed by atoms with Crippen molar-refractivity contribution < 1.29 is 62.1 Å². The SMILES string of the molecule is O=C(O)CCC(=O)NCCCOCCOCCOCCOCCOCCOCCOCCOCCOCCOCCCl. The average molecular weight is 634 g/mol. The Labute approximate surface area is 254 Å². The van der Waals surface area contributed by atoms with Gasteiger partial charge in [0.15, 0.2) is 0 Å². The van der Waals surface area contributed by atoms with Gasteiger partial charge in [-0.15, -0.1) is 11.6 Å². The monoisotopic (exact) mass is 633 g/mol. The van der Waals surface area contributed by atoms with E-state index < -0.39 is 5.97 Å². The maximum Gasteiger partial charge on any atom is 0.303 e. The Morgan fingerprint density at radius 3 is 1.02 bits per heavy atom. The van der Waals surface area contributed by atoms with Crippen LogP contribution in [0.5, 0.6) is 0 Å². The molecule has 0 fully saturated rings. The van der Waals surface area contributed by atoms with Gasteiger partial charge in [0, 0.05) is 25.5 Å². The molecule has 0 aromatic carbocycles. The molecule has 0 saturated heterocycles. The number of carboxylic acids is 1. The van der Waals surface area contributed by atoms with Crippen LogP contribution < -0.4 is 5.32 Å². The van der Waals surface area contributed by atoms with E-state index in [0.29, 0.717) is 151 Å². The number of carboxylic acid groups (broad SMARTS) is 1. The highest BCUT2D eigenvalue weighted by molar-refractivity contribution is 6.17. The lowest BCUT2D eigenvalue weighted by Gasteiger charge is -2.09. The molecule has 0 aliphatic heterocycles. The number of carbonyl (C=O) groups is 2. The van der Waals surface area contributed by atoms with E-state index in [-0.39, 0.29) is 18.7 Å². The Bertz CT molecular complexity index is 578. The normalized spacial score (nSPS) is 11.3. The lowest BCUT2D eigenvalue weighted by molar-refractivity contribution is -0.138. The highest BCUT2D eigenvalue weighted by atomic mass is 35.5. The summed E-state index contributed by atoms with van der Waals surface area (Å²) >= 11 is 5.50. The lowest BCUT2D eigenvalue weighted by Crippen LogP contribution is -2.25. The predicted octanol–water partition coefficient (Wildman–Crippen LogP) is 0.762. The van der Waals surface area contributed by atoms with Gasteiger partial charge in [-0.2, -0.15) is 0 Å². The summed E-state index contributed by atoms with van der Waals surface area (Å²) in [6.07, 6.45) is 0.481. The van der Waals surface area contributed by atoms with Gasteiger partial charge >= 0.3 is 5.97 Å². The van der Waals surface area contributed by atoms with Gasteiger partial charge in [0.25, 0.3) is 0 Å². The first-order valence-electron chi connectivity index (χ1n) is 14.5. The minimum absolute atomic E-state index is 0.00901. The topological polar surface area (TPSA) is 159 Å². The highest BCUT2D eigenvalue weighted by Gasteiger charge is 2.04. The molecule has 0 aliphatic carbocycles. The first kappa shape index (κ1) is 40.8. The standard InChI is InChI=1S/C27H52ClNO13/c28-4-7-34-9-11-36-13-15-38-17-19-40-21-23-42-25-24-41-22-20-39-18-16-37-14-12-35-10-8-33-6-1-5-29-26(30)2-3-27(31)32/h1-25H2,(H,29,30)(H,31,32). The molecule has 0 aromatic rings. The summed E-state index contributed by atoms with van der Waals surface area (Å²) in [5, 5.41) is 11.2. The summed E-state index contributed by atoms with van der Waals surface area (Å²) in [5.41, 5.74) is 0. The van der Waals surface area contributed by atoms with Crippen molar-refractivity contribution in [1.29, 1.82) is 0 Å². The van der Waals surface area contributed by atoms with Gasteiger partial charge in [0.05, 0.1) is 132 Å². The second-order valence-electron chi connectivity index (χ2n) is 8.41. The van der Waals surface area contributed by atoms with Gasteiger partial charge in [0.1, 0.15) is 0 Å². The molecule has 1 amide bonds. The van der Waals surface area contributed by atoms with Crippen molar-refractivity contribution in [1.82, 2.24) is 5.32 Å². The Balaban J connectivity index is 3.08. The highest BCUT2D eigenvalue weighted by Crippen LogP contribution is 1.90. The first-order chi connectivity index (χ1) is 20.7. The number of carbonyl (C=O) groups excluding carboxylic acids is 1. The minimum Gasteiger partial charge on any atom is -0.481 e. The zero-order valence-electron chi connectivity index (χ0n) is 24.9. The van der Waals surface area contributed by atoms with Crippen molar-refractivity contribution in [2.45, 2.75) is 19.3 Å². The quantitative estimate of drug-likeness (QED) is 0.0736. The van der Waals surface area contributed by atoms with Crippen LogP contribution in [0, 0.1) is 0 Å². The summed E-state index contributed by atoms with van der Waals surface area (Å²) in [6.45, 7) is 10.4.